The summed E-state index contributed by atoms with van der Waals surface area (Å²) in [6.45, 7) is 3.72. The molecular formula is C12H16O2S. The molecule has 0 aliphatic carbocycles. The Labute approximate surface area is 95.0 Å². The second-order valence-electron chi connectivity index (χ2n) is 3.52. The van der Waals surface area contributed by atoms with Gasteiger partial charge in [-0.1, -0.05) is 30.3 Å². The van der Waals surface area contributed by atoms with E-state index in [0.717, 1.165) is 5.75 Å². The van der Waals surface area contributed by atoms with Gasteiger partial charge < -0.3 is 4.74 Å². The zero-order valence-electron chi connectivity index (χ0n) is 9.10. The Bertz CT molecular complexity index is 296. The van der Waals surface area contributed by atoms with Crippen LogP contribution in [-0.4, -0.2) is 17.8 Å². The van der Waals surface area contributed by atoms with Crippen molar-refractivity contribution in [2.75, 3.05) is 5.75 Å². The van der Waals surface area contributed by atoms with Crippen LogP contribution in [0.5, 0.6) is 0 Å². The highest BCUT2D eigenvalue weighted by Crippen LogP contribution is 2.11. The first-order valence-corrected chi connectivity index (χ1v) is 6.15. The van der Waals surface area contributed by atoms with Gasteiger partial charge in [0.2, 0.25) is 0 Å². The van der Waals surface area contributed by atoms with Crippen molar-refractivity contribution in [2.45, 2.75) is 25.7 Å². The Balaban J connectivity index is 2.19. The first-order valence-electron chi connectivity index (χ1n) is 4.99. The van der Waals surface area contributed by atoms with Gasteiger partial charge in [-0.15, -0.1) is 11.8 Å². The summed E-state index contributed by atoms with van der Waals surface area (Å²) in [5.41, 5.74) is 1.24. The van der Waals surface area contributed by atoms with Gasteiger partial charge in [-0.3, -0.25) is 4.79 Å². The molecule has 1 aromatic carbocycles. The van der Waals surface area contributed by atoms with E-state index in [4.69, 9.17) is 4.74 Å². The number of rotatable bonds is 5. The van der Waals surface area contributed by atoms with Gasteiger partial charge in [-0.25, -0.2) is 0 Å². The van der Waals surface area contributed by atoms with Crippen molar-refractivity contribution in [3.63, 3.8) is 0 Å². The third-order valence-electron chi connectivity index (χ3n) is 1.70. The topological polar surface area (TPSA) is 26.3 Å². The molecule has 0 atom stereocenters. The second-order valence-corrected chi connectivity index (χ2v) is 4.50. The lowest BCUT2D eigenvalue weighted by molar-refractivity contribution is -0.144. The van der Waals surface area contributed by atoms with Crippen LogP contribution in [0.25, 0.3) is 0 Å². The minimum Gasteiger partial charge on any atom is -0.462 e. The highest BCUT2D eigenvalue weighted by molar-refractivity contribution is 7.99. The smallest absolute Gasteiger partial charge is 0.316 e. The molecule has 0 aliphatic rings. The van der Waals surface area contributed by atoms with Crippen molar-refractivity contribution in [1.29, 1.82) is 0 Å². The fourth-order valence-corrected chi connectivity index (χ4v) is 1.89. The minimum atomic E-state index is -0.133. The van der Waals surface area contributed by atoms with E-state index in [2.05, 4.69) is 12.1 Å². The second kappa shape index (κ2) is 6.51. The molecule has 0 amide bonds. The first-order chi connectivity index (χ1) is 7.18. The van der Waals surface area contributed by atoms with Crippen molar-refractivity contribution >= 4 is 17.7 Å². The molecule has 0 bridgehead atoms. The zero-order chi connectivity index (χ0) is 11.1. The van der Waals surface area contributed by atoms with Crippen molar-refractivity contribution in [3.05, 3.63) is 35.9 Å². The molecule has 82 valence electrons. The number of hydrogen-bond donors (Lipinski definition) is 0. The van der Waals surface area contributed by atoms with Crippen LogP contribution in [0, 0.1) is 0 Å². The largest absolute Gasteiger partial charge is 0.462 e. The van der Waals surface area contributed by atoms with Crippen LogP contribution in [0.1, 0.15) is 19.4 Å². The number of carbonyl (C=O) groups excluding carboxylic acids is 1. The van der Waals surface area contributed by atoms with E-state index in [-0.39, 0.29) is 12.1 Å². The van der Waals surface area contributed by atoms with E-state index < -0.39 is 0 Å². The van der Waals surface area contributed by atoms with Crippen LogP contribution in [0.4, 0.5) is 0 Å². The standard InChI is InChI=1S/C12H16O2S/c1-10(2)14-12(13)9-15-8-11-6-4-3-5-7-11/h3-7,10H,8-9H2,1-2H3. The Hall–Kier alpha value is -0.960. The summed E-state index contributed by atoms with van der Waals surface area (Å²) in [6, 6.07) is 10.1. The molecule has 0 aliphatic heterocycles. The molecule has 1 rings (SSSR count). The molecule has 3 heteroatoms. The number of benzene rings is 1. The van der Waals surface area contributed by atoms with Gasteiger partial charge in [0.15, 0.2) is 0 Å². The monoisotopic (exact) mass is 224 g/mol. The molecule has 0 fully saturated rings. The van der Waals surface area contributed by atoms with Gasteiger partial charge in [-0.05, 0) is 19.4 Å². The lowest BCUT2D eigenvalue weighted by Crippen LogP contribution is -2.13. The molecule has 2 nitrogen and oxygen atoms in total. The van der Waals surface area contributed by atoms with Crippen LogP contribution < -0.4 is 0 Å². The lowest BCUT2D eigenvalue weighted by Gasteiger charge is -2.07. The maximum absolute atomic E-state index is 11.2. The van der Waals surface area contributed by atoms with Crippen molar-refractivity contribution in [3.8, 4) is 0 Å². The fraction of sp³-hybridized carbons (Fsp3) is 0.417. The zero-order valence-corrected chi connectivity index (χ0v) is 9.92. The maximum Gasteiger partial charge on any atom is 0.316 e. The number of esters is 1. The van der Waals surface area contributed by atoms with Gasteiger partial charge in [0.1, 0.15) is 0 Å². The molecule has 0 unspecified atom stereocenters. The van der Waals surface area contributed by atoms with E-state index in [0.29, 0.717) is 5.75 Å². The predicted octanol–water partition coefficient (Wildman–Crippen LogP) is 2.87. The number of ether oxygens (including phenoxy) is 1. The van der Waals surface area contributed by atoms with Crippen LogP contribution in [0.15, 0.2) is 30.3 Å². The van der Waals surface area contributed by atoms with Crippen LogP contribution in [0.3, 0.4) is 0 Å². The molecule has 0 spiro atoms. The highest BCUT2D eigenvalue weighted by atomic mass is 32.2. The summed E-state index contributed by atoms with van der Waals surface area (Å²) in [5.74, 6) is 1.15. The molecule has 0 heterocycles. The van der Waals surface area contributed by atoms with E-state index in [1.54, 1.807) is 11.8 Å². The lowest BCUT2D eigenvalue weighted by atomic mass is 10.2. The average Bonchev–Trinajstić information content (AvgIpc) is 2.18. The molecule has 15 heavy (non-hydrogen) atoms. The predicted molar refractivity (Wildman–Crippen MR) is 63.8 cm³/mol. The first kappa shape index (κ1) is 12.1. The summed E-state index contributed by atoms with van der Waals surface area (Å²) in [6.07, 6.45) is -0.0187. The van der Waals surface area contributed by atoms with E-state index in [1.165, 1.54) is 5.56 Å². The molecule has 0 aromatic heterocycles. The molecule has 0 N–H and O–H groups in total. The number of thioether (sulfide) groups is 1. The van der Waals surface area contributed by atoms with Crippen molar-refractivity contribution in [2.24, 2.45) is 0 Å². The van der Waals surface area contributed by atoms with Crippen molar-refractivity contribution in [1.82, 2.24) is 0 Å². The highest BCUT2D eigenvalue weighted by Gasteiger charge is 2.04. The third kappa shape index (κ3) is 5.47. The van der Waals surface area contributed by atoms with Crippen LogP contribution in [0.2, 0.25) is 0 Å². The minimum absolute atomic E-state index is 0.0187. The number of carbonyl (C=O) groups is 1. The summed E-state index contributed by atoms with van der Waals surface area (Å²) in [4.78, 5) is 11.2. The van der Waals surface area contributed by atoms with E-state index in [9.17, 15) is 4.79 Å². The molecular weight excluding hydrogens is 208 g/mol. The van der Waals surface area contributed by atoms with Crippen molar-refractivity contribution < 1.29 is 9.53 Å². The quantitative estimate of drug-likeness (QED) is 0.719. The van der Waals surface area contributed by atoms with Gasteiger partial charge >= 0.3 is 5.97 Å². The van der Waals surface area contributed by atoms with Gasteiger partial charge in [-0.2, -0.15) is 0 Å². The van der Waals surface area contributed by atoms with E-state index >= 15 is 0 Å². The third-order valence-corrected chi connectivity index (χ3v) is 2.68. The molecule has 0 saturated heterocycles. The van der Waals surface area contributed by atoms with Crippen LogP contribution in [-0.2, 0) is 15.3 Å². The summed E-state index contributed by atoms with van der Waals surface area (Å²) < 4.78 is 5.03. The summed E-state index contributed by atoms with van der Waals surface area (Å²) in [7, 11) is 0. The van der Waals surface area contributed by atoms with Gasteiger partial charge in [0, 0.05) is 5.75 Å². The Kier molecular flexibility index (Phi) is 5.26. The molecule has 0 radical (unpaired) electrons. The fourth-order valence-electron chi connectivity index (χ4n) is 1.12. The normalized spacial score (nSPS) is 10.3. The molecule has 0 saturated carbocycles. The summed E-state index contributed by atoms with van der Waals surface area (Å²) >= 11 is 1.58. The summed E-state index contributed by atoms with van der Waals surface area (Å²) in [5, 5.41) is 0. The number of hydrogen-bond acceptors (Lipinski definition) is 3. The Morgan fingerprint density at radius 2 is 2.00 bits per heavy atom. The Morgan fingerprint density at radius 3 is 2.60 bits per heavy atom. The SMILES string of the molecule is CC(C)OC(=O)CSCc1ccccc1. The van der Waals surface area contributed by atoms with Crippen LogP contribution >= 0.6 is 11.8 Å². The molecule has 1 aromatic rings. The van der Waals surface area contributed by atoms with E-state index in [1.807, 2.05) is 32.0 Å². The Morgan fingerprint density at radius 1 is 1.33 bits per heavy atom. The maximum atomic E-state index is 11.2. The van der Waals surface area contributed by atoms with Gasteiger partial charge in [0.25, 0.3) is 0 Å². The average molecular weight is 224 g/mol. The van der Waals surface area contributed by atoms with Gasteiger partial charge in [0.05, 0.1) is 11.9 Å².